The van der Waals surface area contributed by atoms with E-state index in [-0.39, 0.29) is 11.5 Å². The largest absolute Gasteiger partial charge is 0.497 e. The molecule has 0 spiro atoms. The summed E-state index contributed by atoms with van der Waals surface area (Å²) in [5.74, 6) is -0.0962. The van der Waals surface area contributed by atoms with Crippen LogP contribution in [0.5, 0.6) is 5.75 Å². The van der Waals surface area contributed by atoms with Crippen molar-refractivity contribution in [2.75, 3.05) is 12.4 Å². The monoisotopic (exact) mass is 326 g/mol. The van der Waals surface area contributed by atoms with E-state index in [9.17, 15) is 9.18 Å². The Morgan fingerprint density at radius 3 is 2.67 bits per heavy atom. The minimum Gasteiger partial charge on any atom is -0.497 e. The Morgan fingerprint density at radius 1 is 1.21 bits per heavy atom. The Balaban J connectivity index is 1.86. The first-order chi connectivity index (χ1) is 11.6. The van der Waals surface area contributed by atoms with Gasteiger partial charge in [0.2, 0.25) is 0 Å². The Hall–Kier alpha value is -3.22. The van der Waals surface area contributed by atoms with Crippen LogP contribution in [0.25, 0.3) is 5.69 Å². The summed E-state index contributed by atoms with van der Waals surface area (Å²) >= 11 is 0. The van der Waals surface area contributed by atoms with Gasteiger partial charge in [-0.1, -0.05) is 11.3 Å². The van der Waals surface area contributed by atoms with Crippen LogP contribution >= 0.6 is 0 Å². The average Bonchev–Trinajstić information content (AvgIpc) is 2.98. The minimum atomic E-state index is -0.409. The summed E-state index contributed by atoms with van der Waals surface area (Å²) in [6.45, 7) is 1.75. The lowest BCUT2D eigenvalue weighted by Crippen LogP contribution is -2.14. The van der Waals surface area contributed by atoms with E-state index in [4.69, 9.17) is 4.74 Å². The van der Waals surface area contributed by atoms with Gasteiger partial charge in [-0.15, -0.1) is 5.10 Å². The number of hydrogen-bond acceptors (Lipinski definition) is 4. The third-order valence-electron chi connectivity index (χ3n) is 3.51. The number of benzene rings is 2. The first-order valence-electron chi connectivity index (χ1n) is 7.22. The van der Waals surface area contributed by atoms with Crippen molar-refractivity contribution >= 4 is 11.6 Å². The van der Waals surface area contributed by atoms with Crippen LogP contribution in [0.4, 0.5) is 10.1 Å². The predicted octanol–water partition coefficient (Wildman–Crippen LogP) is 2.98. The maximum atomic E-state index is 12.9. The molecule has 122 valence electrons. The van der Waals surface area contributed by atoms with Crippen LogP contribution in [0.3, 0.4) is 0 Å². The molecular weight excluding hydrogens is 311 g/mol. The van der Waals surface area contributed by atoms with Gasteiger partial charge in [-0.3, -0.25) is 4.79 Å². The van der Waals surface area contributed by atoms with Crippen LogP contribution in [0.15, 0.2) is 48.5 Å². The molecule has 0 aliphatic rings. The summed E-state index contributed by atoms with van der Waals surface area (Å²) in [6, 6.07) is 12.8. The van der Waals surface area contributed by atoms with Gasteiger partial charge in [-0.2, -0.15) is 0 Å². The molecule has 24 heavy (non-hydrogen) atoms. The second kappa shape index (κ2) is 6.49. The molecule has 1 N–H and O–H groups in total. The number of methoxy groups -OCH3 is 1. The molecular formula is C17H15FN4O2. The van der Waals surface area contributed by atoms with Gasteiger partial charge in [-0.25, -0.2) is 9.07 Å². The number of nitrogens with one attached hydrogen (secondary N) is 1. The molecule has 0 unspecified atom stereocenters. The van der Waals surface area contributed by atoms with Crippen molar-refractivity contribution in [3.05, 3.63) is 65.7 Å². The molecule has 3 rings (SSSR count). The number of rotatable bonds is 4. The second-order valence-corrected chi connectivity index (χ2v) is 5.10. The van der Waals surface area contributed by atoms with Gasteiger partial charge in [-0.05, 0) is 43.3 Å². The van der Waals surface area contributed by atoms with E-state index in [1.807, 2.05) is 18.2 Å². The first-order valence-corrected chi connectivity index (χ1v) is 7.22. The van der Waals surface area contributed by atoms with Crippen molar-refractivity contribution in [1.82, 2.24) is 15.0 Å². The van der Waals surface area contributed by atoms with Crippen LogP contribution in [0.2, 0.25) is 0 Å². The van der Waals surface area contributed by atoms with Gasteiger partial charge in [0.25, 0.3) is 5.91 Å². The van der Waals surface area contributed by atoms with Crippen molar-refractivity contribution in [3.63, 3.8) is 0 Å². The topological polar surface area (TPSA) is 69.0 Å². The quantitative estimate of drug-likeness (QED) is 0.800. The first kappa shape index (κ1) is 15.7. The summed E-state index contributed by atoms with van der Waals surface area (Å²) in [5.41, 5.74) is 2.00. The maximum Gasteiger partial charge on any atom is 0.278 e. The van der Waals surface area contributed by atoms with Gasteiger partial charge in [0.05, 0.1) is 18.5 Å². The van der Waals surface area contributed by atoms with Gasteiger partial charge < -0.3 is 10.1 Å². The zero-order valence-corrected chi connectivity index (χ0v) is 13.2. The van der Waals surface area contributed by atoms with Gasteiger partial charge >= 0.3 is 0 Å². The number of anilines is 1. The number of carbonyl (C=O) groups is 1. The lowest BCUT2D eigenvalue weighted by Gasteiger charge is -2.06. The summed E-state index contributed by atoms with van der Waals surface area (Å²) in [7, 11) is 1.58. The molecule has 0 radical (unpaired) electrons. The zero-order valence-electron chi connectivity index (χ0n) is 13.2. The fourth-order valence-corrected chi connectivity index (χ4v) is 2.25. The summed E-state index contributed by atoms with van der Waals surface area (Å²) in [5, 5.41) is 10.6. The Morgan fingerprint density at radius 2 is 1.96 bits per heavy atom. The van der Waals surface area contributed by atoms with Crippen LogP contribution in [0, 0.1) is 12.7 Å². The van der Waals surface area contributed by atoms with E-state index < -0.39 is 5.91 Å². The smallest absolute Gasteiger partial charge is 0.278 e. The Bertz CT molecular complexity index is 875. The van der Waals surface area contributed by atoms with Crippen molar-refractivity contribution in [2.24, 2.45) is 0 Å². The highest BCUT2D eigenvalue weighted by molar-refractivity contribution is 6.03. The average molecular weight is 326 g/mol. The highest BCUT2D eigenvalue weighted by Crippen LogP contribution is 2.18. The Labute approximate surface area is 137 Å². The molecule has 0 aliphatic carbocycles. The number of amides is 1. The van der Waals surface area contributed by atoms with Crippen molar-refractivity contribution in [2.45, 2.75) is 6.92 Å². The molecule has 0 atom stereocenters. The molecule has 1 heterocycles. The summed E-state index contributed by atoms with van der Waals surface area (Å²) < 4.78 is 19.7. The Kier molecular flexibility index (Phi) is 4.24. The molecule has 0 bridgehead atoms. The number of aromatic nitrogens is 3. The second-order valence-electron chi connectivity index (χ2n) is 5.10. The van der Waals surface area contributed by atoms with Crippen LogP contribution < -0.4 is 10.1 Å². The highest BCUT2D eigenvalue weighted by Gasteiger charge is 2.17. The molecule has 0 fully saturated rings. The fourth-order valence-electron chi connectivity index (χ4n) is 2.25. The third-order valence-corrected chi connectivity index (χ3v) is 3.51. The molecule has 0 aliphatic heterocycles. The number of ether oxygens (including phenoxy) is 1. The van der Waals surface area contributed by atoms with Gasteiger partial charge in [0.1, 0.15) is 11.6 Å². The standard InChI is InChI=1S/C17H15FN4O2/c1-11-16(17(23)19-13-8-6-12(18)7-9-13)20-21-22(11)14-4-3-5-15(10-14)24-2/h3-10H,1-2H3,(H,19,23). The lowest BCUT2D eigenvalue weighted by atomic mass is 10.2. The van der Waals surface area contributed by atoms with E-state index in [0.717, 1.165) is 5.69 Å². The van der Waals surface area contributed by atoms with Gasteiger partial charge in [0.15, 0.2) is 5.69 Å². The van der Waals surface area contributed by atoms with Crippen LogP contribution in [0.1, 0.15) is 16.2 Å². The van der Waals surface area contributed by atoms with Crippen LogP contribution in [-0.4, -0.2) is 28.0 Å². The molecule has 0 saturated heterocycles. The SMILES string of the molecule is COc1cccc(-n2nnc(C(=O)Nc3ccc(F)cc3)c2C)c1. The van der Waals surface area contributed by atoms with E-state index in [1.165, 1.54) is 24.3 Å². The van der Waals surface area contributed by atoms with E-state index in [0.29, 0.717) is 17.1 Å². The van der Waals surface area contributed by atoms with Crippen molar-refractivity contribution in [3.8, 4) is 11.4 Å². The van der Waals surface area contributed by atoms with E-state index >= 15 is 0 Å². The molecule has 1 amide bonds. The van der Waals surface area contributed by atoms with Crippen molar-refractivity contribution < 1.29 is 13.9 Å². The van der Waals surface area contributed by atoms with Crippen LogP contribution in [-0.2, 0) is 0 Å². The molecule has 2 aromatic carbocycles. The fraction of sp³-hybridized carbons (Fsp3) is 0.118. The number of hydrogen-bond donors (Lipinski definition) is 1. The summed E-state index contributed by atoms with van der Waals surface area (Å²) in [6.07, 6.45) is 0. The van der Waals surface area contributed by atoms with E-state index in [1.54, 1.807) is 24.8 Å². The third kappa shape index (κ3) is 3.10. The highest BCUT2D eigenvalue weighted by atomic mass is 19.1. The predicted molar refractivity (Wildman–Crippen MR) is 87.0 cm³/mol. The maximum absolute atomic E-state index is 12.9. The molecule has 3 aromatic rings. The summed E-state index contributed by atoms with van der Waals surface area (Å²) in [4.78, 5) is 12.3. The molecule has 7 heteroatoms. The molecule has 1 aromatic heterocycles. The number of nitrogens with zero attached hydrogens (tertiary/aromatic N) is 3. The van der Waals surface area contributed by atoms with Gasteiger partial charge in [0, 0.05) is 11.8 Å². The normalized spacial score (nSPS) is 10.5. The molecule has 6 nitrogen and oxygen atoms in total. The molecule has 0 saturated carbocycles. The lowest BCUT2D eigenvalue weighted by molar-refractivity contribution is 0.102. The zero-order chi connectivity index (χ0) is 17.1. The number of carbonyl (C=O) groups excluding carboxylic acids is 1. The minimum absolute atomic E-state index is 0.196. The van der Waals surface area contributed by atoms with Crippen molar-refractivity contribution in [1.29, 1.82) is 0 Å². The van der Waals surface area contributed by atoms with E-state index in [2.05, 4.69) is 15.6 Å². The number of halogens is 1.